The van der Waals surface area contributed by atoms with Gasteiger partial charge in [0, 0.05) is 25.6 Å². The lowest BCUT2D eigenvalue weighted by Gasteiger charge is -2.34. The summed E-state index contributed by atoms with van der Waals surface area (Å²) >= 11 is 0. The van der Waals surface area contributed by atoms with Gasteiger partial charge >= 0.3 is 0 Å². The number of benzene rings is 3. The summed E-state index contributed by atoms with van der Waals surface area (Å²) in [6.45, 7) is 3.81. The van der Waals surface area contributed by atoms with Crippen molar-refractivity contribution in [1.82, 2.24) is 4.90 Å². The van der Waals surface area contributed by atoms with Crippen molar-refractivity contribution in [2.24, 2.45) is 17.6 Å². The lowest BCUT2D eigenvalue weighted by molar-refractivity contribution is 0.172. The molecule has 0 spiro atoms. The zero-order chi connectivity index (χ0) is 22.9. The van der Waals surface area contributed by atoms with E-state index in [1.807, 2.05) is 12.1 Å². The molecule has 1 fully saturated rings. The first-order valence-electron chi connectivity index (χ1n) is 12.3. The van der Waals surface area contributed by atoms with Gasteiger partial charge in [0.25, 0.3) is 0 Å². The van der Waals surface area contributed by atoms with E-state index in [9.17, 15) is 5.26 Å². The Morgan fingerprint density at radius 1 is 0.788 bits per heavy atom. The van der Waals surface area contributed by atoms with Crippen LogP contribution in [-0.4, -0.2) is 24.5 Å². The first kappa shape index (κ1) is 23.2. The Morgan fingerprint density at radius 3 is 1.85 bits per heavy atom. The van der Waals surface area contributed by atoms with Crippen molar-refractivity contribution in [2.45, 2.75) is 38.1 Å². The van der Waals surface area contributed by atoms with Crippen LogP contribution in [0.5, 0.6) is 0 Å². The van der Waals surface area contributed by atoms with Crippen LogP contribution in [0.15, 0.2) is 84.9 Å². The van der Waals surface area contributed by atoms with E-state index in [0.717, 1.165) is 37.7 Å². The summed E-state index contributed by atoms with van der Waals surface area (Å²) in [5, 5.41) is 9.17. The maximum absolute atomic E-state index is 9.17. The van der Waals surface area contributed by atoms with Gasteiger partial charge in [-0.1, -0.05) is 72.8 Å². The molecule has 0 aromatic heterocycles. The van der Waals surface area contributed by atoms with Crippen molar-refractivity contribution >= 4 is 0 Å². The maximum atomic E-state index is 9.17. The Kier molecular flexibility index (Phi) is 8.30. The first-order valence-corrected chi connectivity index (χ1v) is 12.3. The molecule has 3 nitrogen and oxygen atoms in total. The average molecular weight is 438 g/mol. The molecule has 3 aromatic rings. The molecule has 0 radical (unpaired) electrons. The highest BCUT2D eigenvalue weighted by atomic mass is 15.1. The second-order valence-electron chi connectivity index (χ2n) is 9.50. The first-order chi connectivity index (χ1) is 16.2. The summed E-state index contributed by atoms with van der Waals surface area (Å²) < 4.78 is 0. The van der Waals surface area contributed by atoms with E-state index in [1.165, 1.54) is 42.4 Å². The van der Waals surface area contributed by atoms with Gasteiger partial charge in [0.2, 0.25) is 0 Å². The highest BCUT2D eigenvalue weighted by molar-refractivity contribution is 5.34. The molecule has 3 aromatic carbocycles. The van der Waals surface area contributed by atoms with Gasteiger partial charge in [-0.15, -0.1) is 0 Å². The quantitative estimate of drug-likeness (QED) is 0.449. The number of rotatable bonds is 9. The number of hydrogen-bond acceptors (Lipinski definition) is 3. The Balaban J connectivity index is 1.56. The van der Waals surface area contributed by atoms with Crippen LogP contribution in [0.3, 0.4) is 0 Å². The SMILES string of the molecule is N#Cc1ccc(CN(CC2CCC(CN)CC2)CC(c2ccccc2)c2ccccc2)cc1. The molecule has 3 heteroatoms. The fourth-order valence-corrected chi connectivity index (χ4v) is 5.19. The standard InChI is InChI=1S/C30H35N3/c31-19-24-11-15-26(16-12-24)21-33(22-27-17-13-25(20-32)14-18-27)23-30(28-7-3-1-4-8-28)29-9-5-2-6-10-29/h1-12,15-16,25,27,30H,13-14,17-18,20-23,32H2. The summed E-state index contributed by atoms with van der Waals surface area (Å²) in [4.78, 5) is 2.64. The molecule has 2 N–H and O–H groups in total. The molecule has 170 valence electrons. The molecule has 1 aliphatic carbocycles. The van der Waals surface area contributed by atoms with Crippen LogP contribution < -0.4 is 5.73 Å². The summed E-state index contributed by atoms with van der Waals surface area (Å²) in [5.74, 6) is 1.75. The minimum atomic E-state index is 0.325. The summed E-state index contributed by atoms with van der Waals surface area (Å²) in [6.07, 6.45) is 5.06. The molecule has 1 saturated carbocycles. The van der Waals surface area contributed by atoms with Gasteiger partial charge in [-0.2, -0.15) is 5.26 Å². The van der Waals surface area contributed by atoms with E-state index in [0.29, 0.717) is 11.8 Å². The Bertz CT molecular complexity index is 960. The molecular formula is C30H35N3. The average Bonchev–Trinajstić information content (AvgIpc) is 2.89. The summed E-state index contributed by atoms with van der Waals surface area (Å²) in [7, 11) is 0. The molecule has 0 saturated heterocycles. The predicted molar refractivity (Wildman–Crippen MR) is 136 cm³/mol. The molecule has 0 heterocycles. The van der Waals surface area contributed by atoms with E-state index < -0.39 is 0 Å². The molecule has 0 bridgehead atoms. The van der Waals surface area contributed by atoms with E-state index in [1.54, 1.807) is 0 Å². The van der Waals surface area contributed by atoms with Gasteiger partial charge in [-0.25, -0.2) is 0 Å². The van der Waals surface area contributed by atoms with Gasteiger partial charge in [-0.3, -0.25) is 4.90 Å². The van der Waals surface area contributed by atoms with Crippen LogP contribution in [-0.2, 0) is 6.54 Å². The topological polar surface area (TPSA) is 53.0 Å². The summed E-state index contributed by atoms with van der Waals surface area (Å²) in [5.41, 5.74) is 10.6. The van der Waals surface area contributed by atoms with Gasteiger partial charge in [-0.05, 0) is 72.9 Å². The van der Waals surface area contributed by atoms with E-state index in [2.05, 4.69) is 83.8 Å². The maximum Gasteiger partial charge on any atom is 0.0991 e. The van der Waals surface area contributed by atoms with Crippen molar-refractivity contribution in [3.05, 3.63) is 107 Å². The lowest BCUT2D eigenvalue weighted by atomic mass is 9.81. The number of hydrogen-bond donors (Lipinski definition) is 1. The van der Waals surface area contributed by atoms with Crippen molar-refractivity contribution < 1.29 is 0 Å². The minimum absolute atomic E-state index is 0.325. The normalized spacial score (nSPS) is 18.4. The predicted octanol–water partition coefficient (Wildman–Crippen LogP) is 5.96. The van der Waals surface area contributed by atoms with Crippen LogP contribution in [0.4, 0.5) is 0 Å². The molecule has 33 heavy (non-hydrogen) atoms. The number of nitrogens with two attached hydrogens (primary N) is 1. The van der Waals surface area contributed by atoms with Crippen LogP contribution in [0, 0.1) is 23.2 Å². The second kappa shape index (κ2) is 11.8. The van der Waals surface area contributed by atoms with Crippen LogP contribution >= 0.6 is 0 Å². The number of nitrogens with zero attached hydrogens (tertiary/aromatic N) is 2. The molecule has 0 amide bonds. The van der Waals surface area contributed by atoms with Crippen molar-refractivity contribution in [1.29, 1.82) is 5.26 Å². The highest BCUT2D eigenvalue weighted by Gasteiger charge is 2.25. The zero-order valence-corrected chi connectivity index (χ0v) is 19.4. The minimum Gasteiger partial charge on any atom is -0.330 e. The third-order valence-electron chi connectivity index (χ3n) is 7.15. The third kappa shape index (κ3) is 6.54. The van der Waals surface area contributed by atoms with Crippen LogP contribution in [0.2, 0.25) is 0 Å². The Labute approximate surface area is 198 Å². The van der Waals surface area contributed by atoms with Crippen LogP contribution in [0.1, 0.15) is 53.9 Å². The van der Waals surface area contributed by atoms with Gasteiger partial charge in [0.05, 0.1) is 11.6 Å². The fourth-order valence-electron chi connectivity index (χ4n) is 5.19. The van der Waals surface area contributed by atoms with E-state index in [4.69, 9.17) is 5.73 Å². The van der Waals surface area contributed by atoms with Crippen molar-refractivity contribution in [2.75, 3.05) is 19.6 Å². The van der Waals surface area contributed by atoms with Crippen LogP contribution in [0.25, 0.3) is 0 Å². The second-order valence-corrected chi connectivity index (χ2v) is 9.50. The Morgan fingerprint density at radius 2 is 1.33 bits per heavy atom. The fraction of sp³-hybridized carbons (Fsp3) is 0.367. The molecule has 0 aliphatic heterocycles. The van der Waals surface area contributed by atoms with E-state index >= 15 is 0 Å². The van der Waals surface area contributed by atoms with Gasteiger partial charge in [0.15, 0.2) is 0 Å². The van der Waals surface area contributed by atoms with Gasteiger partial charge < -0.3 is 5.73 Å². The third-order valence-corrected chi connectivity index (χ3v) is 7.15. The molecule has 4 rings (SSSR count). The smallest absolute Gasteiger partial charge is 0.0991 e. The lowest BCUT2D eigenvalue weighted by Crippen LogP contribution is -2.35. The summed E-state index contributed by atoms with van der Waals surface area (Å²) in [6, 6.07) is 32.1. The molecule has 0 unspecified atom stereocenters. The van der Waals surface area contributed by atoms with Crippen molar-refractivity contribution in [3.8, 4) is 6.07 Å². The zero-order valence-electron chi connectivity index (χ0n) is 19.4. The Hall–Kier alpha value is -2.93. The highest BCUT2D eigenvalue weighted by Crippen LogP contribution is 2.31. The largest absolute Gasteiger partial charge is 0.330 e. The number of nitriles is 1. The molecule has 0 atom stereocenters. The molecular weight excluding hydrogens is 402 g/mol. The molecule has 1 aliphatic rings. The van der Waals surface area contributed by atoms with Crippen molar-refractivity contribution in [3.63, 3.8) is 0 Å². The van der Waals surface area contributed by atoms with Gasteiger partial charge in [0.1, 0.15) is 0 Å². The monoisotopic (exact) mass is 437 g/mol. The van der Waals surface area contributed by atoms with E-state index in [-0.39, 0.29) is 0 Å².